The topological polar surface area (TPSA) is 43.4 Å². The van der Waals surface area contributed by atoms with Gasteiger partial charge < -0.3 is 14.8 Å². The van der Waals surface area contributed by atoms with E-state index in [0.717, 1.165) is 30.2 Å². The van der Waals surface area contributed by atoms with Gasteiger partial charge in [0, 0.05) is 29.7 Å². The monoisotopic (exact) mass is 264 g/mol. The third-order valence-corrected chi connectivity index (χ3v) is 3.36. The second kappa shape index (κ2) is 6.37. The molecule has 0 fully saturated rings. The molecule has 1 aromatic heterocycles. The van der Waals surface area contributed by atoms with Crippen molar-refractivity contribution in [2.75, 3.05) is 14.2 Å². The van der Waals surface area contributed by atoms with Crippen LogP contribution in [0, 0.1) is 0 Å². The Kier molecular flexibility index (Phi) is 4.55. The van der Waals surface area contributed by atoms with E-state index in [1.165, 1.54) is 4.88 Å². The molecule has 0 atom stereocenters. The number of hydrogen-bond acceptors (Lipinski definition) is 5. The Morgan fingerprint density at radius 1 is 1.22 bits per heavy atom. The van der Waals surface area contributed by atoms with Gasteiger partial charge in [0.25, 0.3) is 0 Å². The van der Waals surface area contributed by atoms with Gasteiger partial charge in [-0.2, -0.15) is 0 Å². The van der Waals surface area contributed by atoms with Gasteiger partial charge in [0.05, 0.1) is 19.7 Å². The Hall–Kier alpha value is -1.59. The van der Waals surface area contributed by atoms with Crippen LogP contribution < -0.4 is 14.8 Å². The van der Waals surface area contributed by atoms with E-state index in [0.29, 0.717) is 0 Å². The fourth-order valence-corrected chi connectivity index (χ4v) is 2.31. The number of nitrogens with one attached hydrogen (secondary N) is 1. The van der Waals surface area contributed by atoms with Crippen LogP contribution in [0.3, 0.4) is 0 Å². The summed E-state index contributed by atoms with van der Waals surface area (Å²) in [6, 6.07) is 5.89. The molecular weight excluding hydrogens is 248 g/mol. The van der Waals surface area contributed by atoms with E-state index in [1.807, 2.05) is 29.9 Å². The summed E-state index contributed by atoms with van der Waals surface area (Å²) >= 11 is 1.65. The number of methoxy groups -OCH3 is 2. The molecule has 0 aliphatic heterocycles. The van der Waals surface area contributed by atoms with Crippen LogP contribution in [0.1, 0.15) is 10.4 Å². The number of ether oxygens (including phenoxy) is 2. The minimum absolute atomic E-state index is 0.734. The highest BCUT2D eigenvalue weighted by Gasteiger charge is 2.08. The molecule has 0 amide bonds. The Bertz CT molecular complexity index is 486. The van der Waals surface area contributed by atoms with Crippen LogP contribution in [0.25, 0.3) is 0 Å². The predicted octanol–water partition coefficient (Wildman–Crippen LogP) is 2.45. The minimum Gasteiger partial charge on any atom is -0.493 e. The van der Waals surface area contributed by atoms with Crippen molar-refractivity contribution in [3.8, 4) is 11.5 Å². The van der Waals surface area contributed by atoms with Crippen molar-refractivity contribution in [1.82, 2.24) is 10.3 Å². The van der Waals surface area contributed by atoms with Crippen molar-refractivity contribution in [2.45, 2.75) is 13.1 Å². The van der Waals surface area contributed by atoms with Crippen molar-refractivity contribution < 1.29 is 9.47 Å². The van der Waals surface area contributed by atoms with Gasteiger partial charge in [-0.3, -0.25) is 4.98 Å². The molecular formula is C13H16N2O2S. The smallest absolute Gasteiger partial charge is 0.165 e. The fourth-order valence-electron chi connectivity index (χ4n) is 1.74. The molecule has 0 unspecified atom stereocenters. The van der Waals surface area contributed by atoms with Gasteiger partial charge in [-0.05, 0) is 6.07 Å². The number of aromatic nitrogens is 1. The standard InChI is InChI=1S/C13H16N2O2S/c1-16-12-5-3-4-10(13(12)17-2)6-14-7-11-8-15-9-18-11/h3-5,8-9,14H,6-7H2,1-2H3. The van der Waals surface area contributed by atoms with E-state index in [9.17, 15) is 0 Å². The largest absolute Gasteiger partial charge is 0.493 e. The second-order valence-electron chi connectivity index (χ2n) is 3.72. The van der Waals surface area contributed by atoms with Crippen LogP contribution in [0.2, 0.25) is 0 Å². The quantitative estimate of drug-likeness (QED) is 0.870. The lowest BCUT2D eigenvalue weighted by Gasteiger charge is -2.12. The van der Waals surface area contributed by atoms with Gasteiger partial charge in [-0.25, -0.2) is 0 Å². The van der Waals surface area contributed by atoms with E-state index in [4.69, 9.17) is 9.47 Å². The van der Waals surface area contributed by atoms with Gasteiger partial charge in [0.2, 0.25) is 0 Å². The summed E-state index contributed by atoms with van der Waals surface area (Å²) in [4.78, 5) is 5.26. The summed E-state index contributed by atoms with van der Waals surface area (Å²) in [5.41, 5.74) is 2.92. The average Bonchev–Trinajstić information content (AvgIpc) is 2.91. The molecule has 0 saturated carbocycles. The normalized spacial score (nSPS) is 10.3. The maximum Gasteiger partial charge on any atom is 0.165 e. The highest BCUT2D eigenvalue weighted by molar-refractivity contribution is 7.09. The van der Waals surface area contributed by atoms with Gasteiger partial charge in [0.1, 0.15) is 0 Å². The molecule has 0 saturated heterocycles. The molecule has 4 nitrogen and oxygen atoms in total. The van der Waals surface area contributed by atoms with Gasteiger partial charge in [-0.15, -0.1) is 11.3 Å². The molecule has 18 heavy (non-hydrogen) atoms. The van der Waals surface area contributed by atoms with Crippen LogP contribution in [0.5, 0.6) is 11.5 Å². The van der Waals surface area contributed by atoms with Gasteiger partial charge >= 0.3 is 0 Å². The van der Waals surface area contributed by atoms with Crippen molar-refractivity contribution >= 4 is 11.3 Å². The fraction of sp³-hybridized carbons (Fsp3) is 0.308. The molecule has 96 valence electrons. The van der Waals surface area contributed by atoms with Crippen LogP contribution in [-0.2, 0) is 13.1 Å². The molecule has 0 bridgehead atoms. The van der Waals surface area contributed by atoms with Crippen LogP contribution >= 0.6 is 11.3 Å². The van der Waals surface area contributed by atoms with E-state index in [2.05, 4.69) is 10.3 Å². The molecule has 5 heteroatoms. The second-order valence-corrected chi connectivity index (χ2v) is 4.69. The molecule has 0 aliphatic carbocycles. The van der Waals surface area contributed by atoms with E-state index in [1.54, 1.807) is 25.6 Å². The summed E-state index contributed by atoms with van der Waals surface area (Å²) < 4.78 is 10.6. The SMILES string of the molecule is COc1cccc(CNCc2cncs2)c1OC. The first kappa shape index (κ1) is 12.9. The van der Waals surface area contributed by atoms with Crippen molar-refractivity contribution in [1.29, 1.82) is 0 Å². The lowest BCUT2D eigenvalue weighted by Crippen LogP contribution is -2.12. The molecule has 1 N–H and O–H groups in total. The first-order valence-electron chi connectivity index (χ1n) is 5.63. The maximum absolute atomic E-state index is 5.38. The van der Waals surface area contributed by atoms with E-state index >= 15 is 0 Å². The summed E-state index contributed by atoms with van der Waals surface area (Å²) in [7, 11) is 3.30. The Morgan fingerprint density at radius 3 is 2.78 bits per heavy atom. The first-order chi connectivity index (χ1) is 8.85. The zero-order chi connectivity index (χ0) is 12.8. The predicted molar refractivity (Wildman–Crippen MR) is 72.2 cm³/mol. The number of nitrogens with zero attached hydrogens (tertiary/aromatic N) is 1. The first-order valence-corrected chi connectivity index (χ1v) is 6.51. The summed E-state index contributed by atoms with van der Waals surface area (Å²) in [6.45, 7) is 1.54. The average molecular weight is 264 g/mol. The van der Waals surface area contributed by atoms with Gasteiger partial charge in [-0.1, -0.05) is 12.1 Å². The zero-order valence-electron chi connectivity index (χ0n) is 10.5. The van der Waals surface area contributed by atoms with Gasteiger partial charge in [0.15, 0.2) is 11.5 Å². The summed E-state index contributed by atoms with van der Waals surface area (Å²) in [5.74, 6) is 1.55. The maximum atomic E-state index is 5.38. The Morgan fingerprint density at radius 2 is 2.11 bits per heavy atom. The molecule has 0 spiro atoms. The van der Waals surface area contributed by atoms with Crippen LogP contribution in [0.4, 0.5) is 0 Å². The number of hydrogen-bond donors (Lipinski definition) is 1. The molecule has 2 rings (SSSR count). The molecule has 1 aromatic carbocycles. The third-order valence-electron chi connectivity index (χ3n) is 2.58. The van der Waals surface area contributed by atoms with Crippen molar-refractivity contribution in [2.24, 2.45) is 0 Å². The lowest BCUT2D eigenvalue weighted by molar-refractivity contribution is 0.350. The minimum atomic E-state index is 0.734. The zero-order valence-corrected chi connectivity index (χ0v) is 11.3. The molecule has 2 aromatic rings. The Labute approximate surface area is 111 Å². The number of rotatable bonds is 6. The van der Waals surface area contributed by atoms with E-state index < -0.39 is 0 Å². The Balaban J connectivity index is 2.00. The highest BCUT2D eigenvalue weighted by atomic mass is 32.1. The number of benzene rings is 1. The lowest BCUT2D eigenvalue weighted by atomic mass is 10.2. The summed E-state index contributed by atoms with van der Waals surface area (Å²) in [5, 5.41) is 3.36. The molecule has 0 radical (unpaired) electrons. The summed E-state index contributed by atoms with van der Waals surface area (Å²) in [6.07, 6.45) is 1.88. The van der Waals surface area contributed by atoms with Crippen LogP contribution in [0.15, 0.2) is 29.9 Å². The third kappa shape index (κ3) is 3.00. The van der Waals surface area contributed by atoms with Crippen LogP contribution in [-0.4, -0.2) is 19.2 Å². The number of para-hydroxylation sites is 1. The number of thiazole rings is 1. The van der Waals surface area contributed by atoms with Crippen molar-refractivity contribution in [3.05, 3.63) is 40.3 Å². The molecule has 1 heterocycles. The van der Waals surface area contributed by atoms with E-state index in [-0.39, 0.29) is 0 Å². The molecule has 0 aliphatic rings. The van der Waals surface area contributed by atoms with Crippen molar-refractivity contribution in [3.63, 3.8) is 0 Å². The highest BCUT2D eigenvalue weighted by Crippen LogP contribution is 2.30.